The molecule has 0 bridgehead atoms. The first-order chi connectivity index (χ1) is 3.55. The molecule has 0 unspecified atom stereocenters. The summed E-state index contributed by atoms with van der Waals surface area (Å²) in [6.07, 6.45) is 0. The molecule has 0 rings (SSSR count). The number of rotatable bonds is 1. The monoisotopic (exact) mass is 130 g/mol. The fraction of sp³-hybridized carbons (Fsp3) is 0.400. The Bertz CT molecular complexity index is 133. The predicted octanol–water partition coefficient (Wildman–Crippen LogP) is -0.270. The van der Waals surface area contributed by atoms with Crippen LogP contribution in [-0.2, 0) is 4.79 Å². The summed E-state index contributed by atoms with van der Waals surface area (Å²) in [6, 6.07) is 0. The third-order valence-corrected chi connectivity index (χ3v) is 1.82. The molecular weight excluding hydrogens is 120 g/mol. The molecule has 0 atom stereocenters. The van der Waals surface area contributed by atoms with E-state index in [4.69, 9.17) is 5.11 Å². The minimum absolute atomic E-state index is 0.497. The molecule has 0 saturated heterocycles. The number of allylic oxidation sites excluding steroid dienone is 1. The molecule has 0 aliphatic carbocycles. The molecule has 1 N–H and O–H groups in total. The van der Waals surface area contributed by atoms with E-state index in [0.717, 1.165) is 15.4 Å². The van der Waals surface area contributed by atoms with Crippen molar-refractivity contribution < 1.29 is 9.90 Å². The molecule has 2 nitrogen and oxygen atoms in total. The molecule has 0 aromatic carbocycles. The van der Waals surface area contributed by atoms with E-state index < -0.39 is 5.97 Å². The Kier molecular flexibility index (Phi) is 2.47. The highest BCUT2D eigenvalue weighted by molar-refractivity contribution is 6.23. The average Bonchev–Trinajstić information content (AvgIpc) is 1.64. The number of carbonyl (C=O) groups is 1. The lowest BCUT2D eigenvalue weighted by atomic mass is 10.3. The summed E-state index contributed by atoms with van der Waals surface area (Å²) in [7, 11) is 0.849. The zero-order valence-electron chi connectivity index (χ0n) is 5.36. The second kappa shape index (κ2) is 2.67. The van der Waals surface area contributed by atoms with E-state index in [2.05, 4.69) is 0 Å². The van der Waals surface area contributed by atoms with Gasteiger partial charge < -0.3 is 5.11 Å². The van der Waals surface area contributed by atoms with Crippen LogP contribution in [0.15, 0.2) is 10.8 Å². The Morgan fingerprint density at radius 2 is 1.88 bits per heavy atom. The maximum absolute atomic E-state index is 10.1. The Morgan fingerprint density at radius 3 is 1.88 bits per heavy atom. The molecule has 0 spiro atoms. The van der Waals surface area contributed by atoms with E-state index in [1.807, 2.05) is 6.92 Å². The Morgan fingerprint density at radius 1 is 1.50 bits per heavy atom. The predicted molar refractivity (Wildman–Crippen MR) is 35.9 cm³/mol. The highest BCUT2D eigenvalue weighted by Crippen LogP contribution is 1.96. The Labute approximate surface area is 51.6 Å². The molecule has 0 fully saturated rings. The second-order valence-electron chi connectivity index (χ2n) is 1.93. The van der Waals surface area contributed by atoms with E-state index in [-0.39, 0.29) is 0 Å². The van der Waals surface area contributed by atoms with Crippen molar-refractivity contribution in [3.8, 4) is 0 Å². The molecular formula is C5H10O2Si. The Hall–Kier alpha value is -0.573. The number of carboxylic acids is 1. The van der Waals surface area contributed by atoms with Gasteiger partial charge in [0.1, 0.15) is 0 Å². The first-order valence-corrected chi connectivity index (χ1v) is 3.43. The molecule has 0 aromatic rings. The van der Waals surface area contributed by atoms with Gasteiger partial charge in [-0.2, -0.15) is 0 Å². The third-order valence-electron chi connectivity index (χ3n) is 1.07. The molecule has 0 saturated carbocycles. The first-order valence-electron chi connectivity index (χ1n) is 2.43. The van der Waals surface area contributed by atoms with Gasteiger partial charge in [-0.25, -0.2) is 4.79 Å². The molecule has 3 heteroatoms. The second-order valence-corrected chi connectivity index (χ2v) is 3.43. The standard InChI is InChI=1S/C5H10O2Si/c1-3(4(2)8)5(6)7/h1-2,8H3,(H,6,7). The molecule has 0 heterocycles. The van der Waals surface area contributed by atoms with Crippen LogP contribution in [0.2, 0.25) is 0 Å². The molecule has 8 heavy (non-hydrogen) atoms. The largest absolute Gasteiger partial charge is 0.478 e. The van der Waals surface area contributed by atoms with Crippen LogP contribution in [0.5, 0.6) is 0 Å². The highest BCUT2D eigenvalue weighted by atomic mass is 28.1. The van der Waals surface area contributed by atoms with Crippen molar-refractivity contribution in [3.63, 3.8) is 0 Å². The number of carboxylic acid groups (broad SMARTS) is 1. The van der Waals surface area contributed by atoms with Crippen molar-refractivity contribution in [2.45, 2.75) is 13.8 Å². The summed E-state index contributed by atoms with van der Waals surface area (Å²) < 4.78 is 0. The zero-order valence-corrected chi connectivity index (χ0v) is 7.36. The topological polar surface area (TPSA) is 37.3 Å². The summed E-state index contributed by atoms with van der Waals surface area (Å²) in [5, 5.41) is 9.31. The van der Waals surface area contributed by atoms with Crippen LogP contribution in [0.25, 0.3) is 0 Å². The fourth-order valence-electron chi connectivity index (χ4n) is 0.214. The van der Waals surface area contributed by atoms with Gasteiger partial charge in [-0.05, 0) is 13.8 Å². The smallest absolute Gasteiger partial charge is 0.330 e. The van der Waals surface area contributed by atoms with Crippen LogP contribution >= 0.6 is 0 Å². The van der Waals surface area contributed by atoms with Crippen LogP contribution in [0.1, 0.15) is 13.8 Å². The van der Waals surface area contributed by atoms with Crippen LogP contribution in [-0.4, -0.2) is 21.3 Å². The summed E-state index contributed by atoms with van der Waals surface area (Å²) in [5.41, 5.74) is 0.497. The lowest BCUT2D eigenvalue weighted by Gasteiger charge is -1.92. The van der Waals surface area contributed by atoms with Crippen molar-refractivity contribution in [1.29, 1.82) is 0 Å². The van der Waals surface area contributed by atoms with Gasteiger partial charge >= 0.3 is 5.97 Å². The van der Waals surface area contributed by atoms with Gasteiger partial charge in [0.05, 0.1) is 0 Å². The van der Waals surface area contributed by atoms with Crippen molar-refractivity contribution in [3.05, 3.63) is 10.8 Å². The molecule has 46 valence electrons. The van der Waals surface area contributed by atoms with Crippen molar-refractivity contribution in [1.82, 2.24) is 0 Å². The zero-order chi connectivity index (χ0) is 6.73. The number of aliphatic carboxylic acids is 1. The summed E-state index contributed by atoms with van der Waals surface area (Å²) in [6.45, 7) is 3.47. The van der Waals surface area contributed by atoms with E-state index in [9.17, 15) is 4.79 Å². The van der Waals surface area contributed by atoms with Crippen LogP contribution in [0.4, 0.5) is 0 Å². The molecule has 0 aliphatic rings. The highest BCUT2D eigenvalue weighted by Gasteiger charge is 1.98. The quantitative estimate of drug-likeness (QED) is 0.392. The van der Waals surface area contributed by atoms with E-state index >= 15 is 0 Å². The van der Waals surface area contributed by atoms with Gasteiger partial charge in [0.2, 0.25) is 0 Å². The molecule has 0 aliphatic heterocycles. The lowest BCUT2D eigenvalue weighted by Crippen LogP contribution is -1.98. The minimum Gasteiger partial charge on any atom is -0.478 e. The van der Waals surface area contributed by atoms with Crippen molar-refractivity contribution >= 4 is 16.2 Å². The minimum atomic E-state index is -0.794. The van der Waals surface area contributed by atoms with Gasteiger partial charge in [-0.3, -0.25) is 0 Å². The summed E-state index contributed by atoms with van der Waals surface area (Å²) in [5.74, 6) is -0.794. The fourth-order valence-corrected chi connectivity index (χ4v) is 0.428. The van der Waals surface area contributed by atoms with Gasteiger partial charge in [-0.1, -0.05) is 5.20 Å². The van der Waals surface area contributed by atoms with Crippen molar-refractivity contribution in [2.24, 2.45) is 0 Å². The van der Waals surface area contributed by atoms with E-state index in [0.29, 0.717) is 5.57 Å². The third kappa shape index (κ3) is 1.93. The van der Waals surface area contributed by atoms with Crippen LogP contribution in [0, 0.1) is 0 Å². The number of hydrogen-bond donors (Lipinski definition) is 1. The first kappa shape index (κ1) is 7.43. The maximum Gasteiger partial charge on any atom is 0.330 e. The molecule has 0 aromatic heterocycles. The molecule has 0 radical (unpaired) electrons. The number of hydrogen-bond acceptors (Lipinski definition) is 1. The SMILES string of the molecule is CC([SiH3])=C(C)C(=O)O. The van der Waals surface area contributed by atoms with Crippen LogP contribution in [0.3, 0.4) is 0 Å². The van der Waals surface area contributed by atoms with Gasteiger partial charge in [-0.15, -0.1) is 0 Å². The summed E-state index contributed by atoms with van der Waals surface area (Å²) in [4.78, 5) is 10.1. The lowest BCUT2D eigenvalue weighted by molar-refractivity contribution is -0.132. The van der Waals surface area contributed by atoms with E-state index in [1.54, 1.807) is 6.92 Å². The van der Waals surface area contributed by atoms with Crippen LogP contribution < -0.4 is 0 Å². The average molecular weight is 130 g/mol. The Balaban J connectivity index is 4.23. The van der Waals surface area contributed by atoms with Gasteiger partial charge in [0.25, 0.3) is 0 Å². The maximum atomic E-state index is 10.1. The normalized spacial score (nSPS) is 13.2. The van der Waals surface area contributed by atoms with Gasteiger partial charge in [0.15, 0.2) is 0 Å². The van der Waals surface area contributed by atoms with Crippen molar-refractivity contribution in [2.75, 3.05) is 0 Å². The molecule has 0 amide bonds. The summed E-state index contributed by atoms with van der Waals surface area (Å²) >= 11 is 0. The van der Waals surface area contributed by atoms with E-state index in [1.165, 1.54) is 0 Å². The van der Waals surface area contributed by atoms with Gasteiger partial charge in [0, 0.05) is 15.8 Å².